The van der Waals surface area contributed by atoms with Crippen LogP contribution in [0, 0.1) is 0 Å². The molecule has 1 rings (SSSR count). The number of nitrogens with one attached hydrogen (secondary N) is 1. The van der Waals surface area contributed by atoms with Crippen LogP contribution in [0.5, 0.6) is 0 Å². The van der Waals surface area contributed by atoms with E-state index in [-0.39, 0.29) is 12.3 Å². The molecule has 3 atom stereocenters. The van der Waals surface area contributed by atoms with Gasteiger partial charge >= 0.3 is 0 Å². The van der Waals surface area contributed by atoms with E-state index in [0.29, 0.717) is 6.04 Å². The summed E-state index contributed by atoms with van der Waals surface area (Å²) in [6.07, 6.45) is 0.403. The molecule has 3 unspecified atom stereocenters. The Bertz CT molecular complexity index is 148. The van der Waals surface area contributed by atoms with Gasteiger partial charge in [-0.2, -0.15) is 0 Å². The van der Waals surface area contributed by atoms with Gasteiger partial charge in [-0.3, -0.25) is 4.90 Å². The highest BCUT2D eigenvalue weighted by atomic mass is 16.5. The maximum atomic E-state index is 5.38. The molecule has 0 saturated carbocycles. The highest BCUT2D eigenvalue weighted by Crippen LogP contribution is 2.13. The third kappa shape index (κ3) is 2.67. The Morgan fingerprint density at radius 2 is 2.00 bits per heavy atom. The van der Waals surface area contributed by atoms with Gasteiger partial charge in [0.15, 0.2) is 0 Å². The van der Waals surface area contributed by atoms with Crippen LogP contribution in [0.25, 0.3) is 0 Å². The Kier molecular flexibility index (Phi) is 4.81. The van der Waals surface area contributed by atoms with Gasteiger partial charge in [-0.05, 0) is 13.8 Å². The summed E-state index contributed by atoms with van der Waals surface area (Å²) in [5.41, 5.74) is 0. The first-order valence-corrected chi connectivity index (χ1v) is 5.22. The van der Waals surface area contributed by atoms with Crippen molar-refractivity contribution in [2.24, 2.45) is 0 Å². The van der Waals surface area contributed by atoms with Gasteiger partial charge < -0.3 is 14.8 Å². The Morgan fingerprint density at radius 3 is 2.57 bits per heavy atom. The molecule has 0 aromatic carbocycles. The molecule has 1 saturated heterocycles. The first-order chi connectivity index (χ1) is 6.70. The minimum absolute atomic E-state index is 0.166. The first kappa shape index (κ1) is 11.9. The minimum atomic E-state index is 0.166. The van der Waals surface area contributed by atoms with E-state index >= 15 is 0 Å². The van der Waals surface area contributed by atoms with Crippen molar-refractivity contribution in [2.45, 2.75) is 32.2 Å². The molecule has 0 spiro atoms. The molecule has 0 aromatic rings. The van der Waals surface area contributed by atoms with Crippen molar-refractivity contribution >= 4 is 0 Å². The maximum absolute atomic E-state index is 5.38. The lowest BCUT2D eigenvalue weighted by Crippen LogP contribution is -2.59. The van der Waals surface area contributed by atoms with E-state index in [2.05, 4.69) is 24.1 Å². The van der Waals surface area contributed by atoms with E-state index < -0.39 is 0 Å². The Hall–Kier alpha value is -0.160. The van der Waals surface area contributed by atoms with Crippen LogP contribution in [0.2, 0.25) is 0 Å². The molecular formula is C10H22N2O2. The van der Waals surface area contributed by atoms with E-state index in [0.717, 1.165) is 19.6 Å². The van der Waals surface area contributed by atoms with Crippen molar-refractivity contribution in [3.8, 4) is 0 Å². The quantitative estimate of drug-likeness (QED) is 0.710. The molecule has 1 aliphatic rings. The van der Waals surface area contributed by atoms with Crippen molar-refractivity contribution in [1.82, 2.24) is 10.2 Å². The smallest absolute Gasteiger partial charge is 0.107 e. The fourth-order valence-corrected chi connectivity index (χ4v) is 1.92. The molecule has 1 fully saturated rings. The molecule has 14 heavy (non-hydrogen) atoms. The summed E-state index contributed by atoms with van der Waals surface area (Å²) in [7, 11) is 3.51. The predicted octanol–water partition coefficient (Wildman–Crippen LogP) is 0.288. The summed E-state index contributed by atoms with van der Waals surface area (Å²) >= 11 is 0. The third-order valence-electron chi connectivity index (χ3n) is 3.05. The second kappa shape index (κ2) is 5.66. The van der Waals surface area contributed by atoms with Crippen LogP contribution in [0.4, 0.5) is 0 Å². The number of nitrogens with zero attached hydrogens (tertiary/aromatic N) is 1. The fraction of sp³-hybridized carbons (Fsp3) is 1.00. The lowest BCUT2D eigenvalue weighted by atomic mass is 10.1. The van der Waals surface area contributed by atoms with E-state index in [1.165, 1.54) is 0 Å². The molecule has 4 heteroatoms. The summed E-state index contributed by atoms with van der Waals surface area (Å²) in [6, 6.07) is 0.406. The summed E-state index contributed by atoms with van der Waals surface area (Å²) in [6.45, 7) is 7.21. The van der Waals surface area contributed by atoms with Crippen LogP contribution in [0.1, 0.15) is 13.8 Å². The van der Waals surface area contributed by atoms with Crippen molar-refractivity contribution in [1.29, 1.82) is 0 Å². The van der Waals surface area contributed by atoms with Gasteiger partial charge in [0.2, 0.25) is 0 Å². The molecule has 0 aliphatic carbocycles. The average Bonchev–Trinajstić information content (AvgIpc) is 2.27. The molecule has 0 bridgehead atoms. The molecular weight excluding hydrogens is 180 g/mol. The Balaban J connectivity index is 2.58. The van der Waals surface area contributed by atoms with Crippen LogP contribution >= 0.6 is 0 Å². The van der Waals surface area contributed by atoms with E-state index in [1.54, 1.807) is 14.2 Å². The number of hydrogen-bond donors (Lipinski definition) is 1. The van der Waals surface area contributed by atoms with Crippen molar-refractivity contribution < 1.29 is 9.47 Å². The van der Waals surface area contributed by atoms with Gasteiger partial charge in [0, 0.05) is 33.9 Å². The molecule has 0 amide bonds. The highest BCUT2D eigenvalue weighted by molar-refractivity contribution is 4.84. The average molecular weight is 202 g/mol. The predicted molar refractivity (Wildman–Crippen MR) is 56.3 cm³/mol. The van der Waals surface area contributed by atoms with Gasteiger partial charge in [0.05, 0.1) is 12.1 Å². The topological polar surface area (TPSA) is 33.7 Å². The van der Waals surface area contributed by atoms with Crippen LogP contribution in [-0.2, 0) is 9.47 Å². The van der Waals surface area contributed by atoms with Crippen LogP contribution in [0.15, 0.2) is 0 Å². The number of hydrogen-bond acceptors (Lipinski definition) is 4. The number of ether oxygens (including phenoxy) is 2. The molecule has 1 N–H and O–H groups in total. The van der Waals surface area contributed by atoms with E-state index in [1.807, 2.05) is 0 Å². The summed E-state index contributed by atoms with van der Waals surface area (Å²) < 4.78 is 10.7. The first-order valence-electron chi connectivity index (χ1n) is 5.22. The highest BCUT2D eigenvalue weighted by Gasteiger charge is 2.30. The zero-order valence-electron chi connectivity index (χ0n) is 9.62. The van der Waals surface area contributed by atoms with Crippen LogP contribution in [-0.4, -0.2) is 57.1 Å². The second-order valence-electron chi connectivity index (χ2n) is 3.79. The zero-order valence-corrected chi connectivity index (χ0v) is 9.62. The van der Waals surface area contributed by atoms with Gasteiger partial charge in [0.1, 0.15) is 6.23 Å². The van der Waals surface area contributed by atoms with Gasteiger partial charge in [0.25, 0.3) is 0 Å². The van der Waals surface area contributed by atoms with Gasteiger partial charge in [-0.1, -0.05) is 0 Å². The van der Waals surface area contributed by atoms with Crippen molar-refractivity contribution in [3.63, 3.8) is 0 Å². The molecule has 0 aromatic heterocycles. The Morgan fingerprint density at radius 1 is 1.29 bits per heavy atom. The standard InChI is InChI=1S/C10H22N2O2/c1-8(13-3)10-7-11-5-6-12(10)9(2)14-4/h8-11H,5-7H2,1-4H3. The SMILES string of the molecule is COC(C)C1CNCCN1C(C)OC. The summed E-state index contributed by atoms with van der Waals surface area (Å²) in [5.74, 6) is 0. The monoisotopic (exact) mass is 202 g/mol. The summed E-state index contributed by atoms with van der Waals surface area (Å²) in [5, 5.41) is 3.38. The van der Waals surface area contributed by atoms with Crippen molar-refractivity contribution in [3.05, 3.63) is 0 Å². The fourth-order valence-electron chi connectivity index (χ4n) is 1.92. The van der Waals surface area contributed by atoms with Gasteiger partial charge in [-0.25, -0.2) is 0 Å². The number of piperazine rings is 1. The van der Waals surface area contributed by atoms with E-state index in [4.69, 9.17) is 9.47 Å². The normalized spacial score (nSPS) is 28.7. The number of methoxy groups -OCH3 is 2. The minimum Gasteiger partial charge on any atom is -0.380 e. The molecule has 1 aliphatic heterocycles. The van der Waals surface area contributed by atoms with Crippen LogP contribution in [0.3, 0.4) is 0 Å². The molecule has 1 heterocycles. The van der Waals surface area contributed by atoms with Crippen molar-refractivity contribution in [2.75, 3.05) is 33.9 Å². The van der Waals surface area contributed by atoms with E-state index in [9.17, 15) is 0 Å². The largest absolute Gasteiger partial charge is 0.380 e. The van der Waals surface area contributed by atoms with Crippen LogP contribution < -0.4 is 5.32 Å². The Labute approximate surface area is 86.6 Å². The third-order valence-corrected chi connectivity index (χ3v) is 3.05. The number of rotatable bonds is 4. The lowest BCUT2D eigenvalue weighted by molar-refractivity contribution is -0.0857. The lowest BCUT2D eigenvalue weighted by Gasteiger charge is -2.41. The molecule has 0 radical (unpaired) electrons. The second-order valence-corrected chi connectivity index (χ2v) is 3.79. The van der Waals surface area contributed by atoms with Gasteiger partial charge in [-0.15, -0.1) is 0 Å². The zero-order chi connectivity index (χ0) is 10.6. The maximum Gasteiger partial charge on any atom is 0.107 e. The molecule has 84 valence electrons. The molecule has 4 nitrogen and oxygen atoms in total. The summed E-state index contributed by atoms with van der Waals surface area (Å²) in [4.78, 5) is 2.35.